The first-order valence-corrected chi connectivity index (χ1v) is 8.99. The van der Waals surface area contributed by atoms with Gasteiger partial charge in [-0.15, -0.1) is 0 Å². The quantitative estimate of drug-likeness (QED) is 0.445. The zero-order valence-corrected chi connectivity index (χ0v) is 15.1. The predicted molar refractivity (Wildman–Crippen MR) is 108 cm³/mol. The summed E-state index contributed by atoms with van der Waals surface area (Å²) in [5.74, 6) is -0.428. The summed E-state index contributed by atoms with van der Waals surface area (Å²) in [7, 11) is 1.64. The molecule has 0 fully saturated rings. The Balaban J connectivity index is 2.01. The van der Waals surface area contributed by atoms with Crippen molar-refractivity contribution in [2.24, 2.45) is 7.05 Å². The molecule has 1 aliphatic carbocycles. The summed E-state index contributed by atoms with van der Waals surface area (Å²) >= 11 is 0. The molecule has 1 aromatic heterocycles. The van der Waals surface area contributed by atoms with Crippen molar-refractivity contribution in [3.63, 3.8) is 0 Å². The van der Waals surface area contributed by atoms with Gasteiger partial charge in [0.2, 0.25) is 0 Å². The van der Waals surface area contributed by atoms with Crippen molar-refractivity contribution in [1.29, 1.82) is 0 Å². The van der Waals surface area contributed by atoms with Crippen LogP contribution in [0.4, 0.5) is 0 Å². The molecular formula is C24H15NO3. The second kappa shape index (κ2) is 5.86. The van der Waals surface area contributed by atoms with Crippen molar-refractivity contribution >= 4 is 22.5 Å². The average Bonchev–Trinajstić information content (AvgIpc) is 2.75. The fourth-order valence-corrected chi connectivity index (χ4v) is 4.04. The van der Waals surface area contributed by atoms with Crippen molar-refractivity contribution in [3.8, 4) is 11.1 Å². The van der Waals surface area contributed by atoms with Crippen LogP contribution in [0.5, 0.6) is 0 Å². The van der Waals surface area contributed by atoms with Gasteiger partial charge >= 0.3 is 0 Å². The number of aryl methyl sites for hydroxylation is 1. The highest BCUT2D eigenvalue weighted by molar-refractivity contribution is 6.28. The summed E-state index contributed by atoms with van der Waals surface area (Å²) in [4.78, 5) is 39.7. The number of rotatable bonds is 2. The van der Waals surface area contributed by atoms with E-state index in [0.717, 1.165) is 0 Å². The van der Waals surface area contributed by atoms with Crippen LogP contribution in [0.25, 0.3) is 22.0 Å². The van der Waals surface area contributed by atoms with Crippen LogP contribution in [-0.2, 0) is 7.05 Å². The summed E-state index contributed by atoms with van der Waals surface area (Å²) in [5.41, 5.74) is 3.05. The summed E-state index contributed by atoms with van der Waals surface area (Å²) in [6.45, 7) is 0. The Bertz CT molecular complexity index is 1360. The molecule has 0 atom stereocenters. The fourth-order valence-electron chi connectivity index (χ4n) is 4.04. The number of nitrogens with zero attached hydrogens (tertiary/aromatic N) is 1. The number of hydrogen-bond acceptors (Lipinski definition) is 3. The van der Waals surface area contributed by atoms with Gasteiger partial charge in [0.1, 0.15) is 0 Å². The van der Waals surface area contributed by atoms with E-state index in [1.807, 2.05) is 18.2 Å². The van der Waals surface area contributed by atoms with Crippen LogP contribution in [0.3, 0.4) is 0 Å². The predicted octanol–water partition coefficient (Wildman–Crippen LogP) is 3.98. The second-order valence-corrected chi connectivity index (χ2v) is 6.88. The molecule has 0 saturated heterocycles. The summed E-state index contributed by atoms with van der Waals surface area (Å²) in [6, 6.07) is 21.3. The topological polar surface area (TPSA) is 56.1 Å². The normalized spacial score (nSPS) is 12.1. The molecule has 28 heavy (non-hydrogen) atoms. The standard InChI is InChI=1S/C24H15NO3/c1-25-18-13-7-12-17-19(18)20(15-10-5-6-11-16(15)23(17)27)21(24(25)28)22(26)14-8-3-2-4-9-14/h2-13H,1H3. The minimum Gasteiger partial charge on any atom is -0.311 e. The highest BCUT2D eigenvalue weighted by atomic mass is 16.1. The molecule has 0 N–H and O–H groups in total. The zero-order chi connectivity index (χ0) is 19.4. The van der Waals surface area contributed by atoms with Crippen molar-refractivity contribution in [3.05, 3.63) is 105 Å². The number of carbonyl (C=O) groups is 2. The molecule has 3 aromatic carbocycles. The number of pyridine rings is 1. The Labute approximate surface area is 160 Å². The molecule has 0 amide bonds. The molecule has 0 saturated carbocycles. The Morgan fingerprint density at radius 3 is 2.14 bits per heavy atom. The lowest BCUT2D eigenvalue weighted by Crippen LogP contribution is -2.28. The Morgan fingerprint density at radius 1 is 0.750 bits per heavy atom. The van der Waals surface area contributed by atoms with Gasteiger partial charge in [0.25, 0.3) is 5.56 Å². The molecule has 0 radical (unpaired) electrons. The van der Waals surface area contributed by atoms with Gasteiger partial charge in [-0.05, 0) is 11.6 Å². The number of benzene rings is 3. The third-order valence-electron chi connectivity index (χ3n) is 5.37. The summed E-state index contributed by atoms with van der Waals surface area (Å²) < 4.78 is 1.46. The maximum absolute atomic E-state index is 13.4. The smallest absolute Gasteiger partial charge is 0.262 e. The lowest BCUT2D eigenvalue weighted by Gasteiger charge is -2.23. The lowest BCUT2D eigenvalue weighted by atomic mass is 9.80. The van der Waals surface area contributed by atoms with E-state index in [9.17, 15) is 14.4 Å². The molecule has 0 spiro atoms. The van der Waals surface area contributed by atoms with Gasteiger partial charge in [-0.1, -0.05) is 66.7 Å². The van der Waals surface area contributed by atoms with Gasteiger partial charge in [0.15, 0.2) is 11.6 Å². The monoisotopic (exact) mass is 365 g/mol. The lowest BCUT2D eigenvalue weighted by molar-refractivity contribution is 0.102. The minimum atomic E-state index is -0.363. The van der Waals surface area contributed by atoms with Crippen LogP contribution in [0.15, 0.2) is 77.6 Å². The molecule has 1 heterocycles. The number of ketones is 2. The fraction of sp³-hybridized carbons (Fsp3) is 0.0417. The van der Waals surface area contributed by atoms with Gasteiger partial charge in [0, 0.05) is 34.7 Å². The molecular weight excluding hydrogens is 350 g/mol. The van der Waals surface area contributed by atoms with Crippen molar-refractivity contribution in [2.75, 3.05) is 0 Å². The van der Waals surface area contributed by atoms with Crippen LogP contribution in [-0.4, -0.2) is 16.1 Å². The number of fused-ring (bicyclic) bond motifs is 2. The average molecular weight is 365 g/mol. The number of aromatic nitrogens is 1. The van der Waals surface area contributed by atoms with Gasteiger partial charge in [0.05, 0.1) is 11.1 Å². The Hall–Kier alpha value is -3.79. The van der Waals surface area contributed by atoms with Crippen LogP contribution < -0.4 is 5.56 Å². The van der Waals surface area contributed by atoms with Crippen LogP contribution in [0.2, 0.25) is 0 Å². The van der Waals surface area contributed by atoms with Gasteiger partial charge in [-0.2, -0.15) is 0 Å². The van der Waals surface area contributed by atoms with E-state index in [4.69, 9.17) is 0 Å². The highest BCUT2D eigenvalue weighted by Gasteiger charge is 2.31. The minimum absolute atomic E-state index is 0.0922. The summed E-state index contributed by atoms with van der Waals surface area (Å²) in [5, 5.41) is 0.660. The number of carbonyl (C=O) groups excluding carboxylic acids is 2. The first-order chi connectivity index (χ1) is 13.6. The van der Waals surface area contributed by atoms with Gasteiger partial charge in [-0.25, -0.2) is 0 Å². The van der Waals surface area contributed by atoms with Crippen LogP contribution in [0, 0.1) is 0 Å². The van der Waals surface area contributed by atoms with Crippen LogP contribution >= 0.6 is 0 Å². The molecule has 4 nitrogen and oxygen atoms in total. The third-order valence-corrected chi connectivity index (χ3v) is 5.37. The maximum Gasteiger partial charge on any atom is 0.262 e. The van der Waals surface area contributed by atoms with E-state index in [0.29, 0.717) is 38.7 Å². The van der Waals surface area contributed by atoms with Crippen molar-refractivity contribution in [1.82, 2.24) is 4.57 Å². The van der Waals surface area contributed by atoms with Crippen molar-refractivity contribution in [2.45, 2.75) is 0 Å². The zero-order valence-electron chi connectivity index (χ0n) is 15.1. The van der Waals surface area contributed by atoms with Crippen LogP contribution in [0.1, 0.15) is 31.8 Å². The van der Waals surface area contributed by atoms with Gasteiger partial charge in [-0.3, -0.25) is 14.4 Å². The first kappa shape index (κ1) is 16.4. The maximum atomic E-state index is 13.4. The highest BCUT2D eigenvalue weighted by Crippen LogP contribution is 2.40. The van der Waals surface area contributed by atoms with E-state index in [1.165, 1.54) is 4.57 Å². The summed E-state index contributed by atoms with van der Waals surface area (Å²) in [6.07, 6.45) is 0. The van der Waals surface area contributed by atoms with Crippen molar-refractivity contribution < 1.29 is 9.59 Å². The SMILES string of the molecule is Cn1c(=O)c(C(=O)c2ccccc2)c2c3c(cccc31)C(=O)c1ccccc1-2. The largest absolute Gasteiger partial charge is 0.311 e. The molecule has 134 valence electrons. The second-order valence-electron chi connectivity index (χ2n) is 6.88. The molecule has 4 heteroatoms. The Kier molecular flexibility index (Phi) is 3.43. The molecule has 0 bridgehead atoms. The number of hydrogen-bond donors (Lipinski definition) is 0. The molecule has 0 aliphatic heterocycles. The van der Waals surface area contributed by atoms with E-state index >= 15 is 0 Å². The first-order valence-electron chi connectivity index (χ1n) is 8.99. The molecule has 1 aliphatic rings. The van der Waals surface area contributed by atoms with Gasteiger partial charge < -0.3 is 4.57 Å². The van der Waals surface area contributed by atoms with E-state index in [1.54, 1.807) is 61.6 Å². The molecule has 5 rings (SSSR count). The molecule has 0 unspecified atom stereocenters. The Morgan fingerprint density at radius 2 is 1.39 bits per heavy atom. The third kappa shape index (κ3) is 2.09. The van der Waals surface area contributed by atoms with E-state index in [-0.39, 0.29) is 22.7 Å². The van der Waals surface area contributed by atoms with E-state index in [2.05, 4.69) is 0 Å². The van der Waals surface area contributed by atoms with E-state index < -0.39 is 0 Å². The molecule has 4 aromatic rings.